The quantitative estimate of drug-likeness (QED) is 0.745. The standard InChI is InChI=1S/C19H22N6O2/c1-11-9-12(2)22-19(21-11)25-14(4)15(13(3)24-25)10-17(26)23-18-16(27-5)7-6-8-20-18/h6-9H,10H2,1-5H3,(H,20,23,26). The zero-order valence-electron chi connectivity index (χ0n) is 16.1. The highest BCUT2D eigenvalue weighted by molar-refractivity contribution is 5.92. The van der Waals surface area contributed by atoms with Crippen LogP contribution in [0.3, 0.4) is 0 Å². The summed E-state index contributed by atoms with van der Waals surface area (Å²) >= 11 is 0. The van der Waals surface area contributed by atoms with E-state index in [1.165, 1.54) is 7.11 Å². The van der Waals surface area contributed by atoms with E-state index in [1.807, 2.05) is 33.8 Å². The van der Waals surface area contributed by atoms with Gasteiger partial charge < -0.3 is 10.1 Å². The molecule has 27 heavy (non-hydrogen) atoms. The molecular weight excluding hydrogens is 344 g/mol. The Balaban J connectivity index is 1.85. The molecule has 3 aromatic rings. The van der Waals surface area contributed by atoms with Gasteiger partial charge in [-0.2, -0.15) is 5.10 Å². The molecule has 0 aromatic carbocycles. The van der Waals surface area contributed by atoms with Crippen molar-refractivity contribution in [3.05, 3.63) is 52.7 Å². The first kappa shape index (κ1) is 18.5. The summed E-state index contributed by atoms with van der Waals surface area (Å²) in [5.74, 6) is 1.22. The van der Waals surface area contributed by atoms with Crippen LogP contribution in [0, 0.1) is 27.7 Å². The third-order valence-corrected chi connectivity index (χ3v) is 4.19. The lowest BCUT2D eigenvalue weighted by Crippen LogP contribution is -2.17. The van der Waals surface area contributed by atoms with Crippen molar-refractivity contribution in [3.63, 3.8) is 0 Å². The van der Waals surface area contributed by atoms with E-state index >= 15 is 0 Å². The highest BCUT2D eigenvalue weighted by atomic mass is 16.5. The van der Waals surface area contributed by atoms with Gasteiger partial charge >= 0.3 is 0 Å². The van der Waals surface area contributed by atoms with Gasteiger partial charge in [0.25, 0.3) is 5.95 Å². The van der Waals surface area contributed by atoms with E-state index in [9.17, 15) is 4.79 Å². The number of nitrogens with one attached hydrogen (secondary N) is 1. The SMILES string of the molecule is COc1cccnc1NC(=O)Cc1c(C)nn(-c2nc(C)cc(C)n2)c1C. The van der Waals surface area contributed by atoms with Gasteiger partial charge in [0, 0.05) is 28.8 Å². The molecule has 0 saturated carbocycles. The topological polar surface area (TPSA) is 94.8 Å². The number of pyridine rings is 1. The number of aryl methyl sites for hydroxylation is 3. The Morgan fingerprint density at radius 2 is 1.89 bits per heavy atom. The molecule has 1 N–H and O–H groups in total. The molecule has 3 heterocycles. The van der Waals surface area contributed by atoms with Crippen LogP contribution >= 0.6 is 0 Å². The van der Waals surface area contributed by atoms with Crippen molar-refractivity contribution >= 4 is 11.7 Å². The van der Waals surface area contributed by atoms with Gasteiger partial charge in [0.15, 0.2) is 11.6 Å². The summed E-state index contributed by atoms with van der Waals surface area (Å²) in [7, 11) is 1.54. The predicted molar refractivity (Wildman–Crippen MR) is 101 cm³/mol. The van der Waals surface area contributed by atoms with Crippen LogP contribution in [0.25, 0.3) is 5.95 Å². The minimum atomic E-state index is -0.195. The van der Waals surface area contributed by atoms with E-state index in [0.29, 0.717) is 17.5 Å². The molecule has 1 amide bonds. The lowest BCUT2D eigenvalue weighted by Gasteiger charge is -2.09. The molecule has 0 aliphatic carbocycles. The number of hydrogen-bond donors (Lipinski definition) is 1. The average molecular weight is 366 g/mol. The molecule has 0 atom stereocenters. The molecule has 8 nitrogen and oxygen atoms in total. The van der Waals surface area contributed by atoms with Crippen LogP contribution in [0.1, 0.15) is 28.3 Å². The van der Waals surface area contributed by atoms with Crippen molar-refractivity contribution in [2.75, 3.05) is 12.4 Å². The van der Waals surface area contributed by atoms with Crippen molar-refractivity contribution in [2.24, 2.45) is 0 Å². The van der Waals surface area contributed by atoms with Crippen LogP contribution in [0.5, 0.6) is 5.75 Å². The van der Waals surface area contributed by atoms with Gasteiger partial charge in [0.05, 0.1) is 19.2 Å². The molecule has 0 radical (unpaired) electrons. The third-order valence-electron chi connectivity index (χ3n) is 4.19. The fourth-order valence-corrected chi connectivity index (χ4v) is 2.91. The Morgan fingerprint density at radius 3 is 2.56 bits per heavy atom. The molecule has 0 fully saturated rings. The van der Waals surface area contributed by atoms with Crippen LogP contribution in [0.15, 0.2) is 24.4 Å². The molecule has 3 aromatic heterocycles. The Hall–Kier alpha value is -3.29. The van der Waals surface area contributed by atoms with Crippen LogP contribution in [-0.2, 0) is 11.2 Å². The van der Waals surface area contributed by atoms with Crippen molar-refractivity contribution in [1.82, 2.24) is 24.7 Å². The molecule has 0 aliphatic heterocycles. The highest BCUT2D eigenvalue weighted by Gasteiger charge is 2.18. The molecule has 0 bridgehead atoms. The van der Waals surface area contributed by atoms with Crippen molar-refractivity contribution in [3.8, 4) is 11.7 Å². The maximum atomic E-state index is 12.5. The minimum absolute atomic E-state index is 0.169. The van der Waals surface area contributed by atoms with E-state index in [1.54, 1.807) is 23.0 Å². The van der Waals surface area contributed by atoms with Crippen LogP contribution in [0.2, 0.25) is 0 Å². The zero-order chi connectivity index (χ0) is 19.6. The second-order valence-electron chi connectivity index (χ2n) is 6.29. The van der Waals surface area contributed by atoms with Gasteiger partial charge in [0.1, 0.15) is 0 Å². The Morgan fingerprint density at radius 1 is 1.19 bits per heavy atom. The molecule has 0 saturated heterocycles. The van der Waals surface area contributed by atoms with E-state index in [4.69, 9.17) is 4.74 Å². The van der Waals surface area contributed by atoms with Gasteiger partial charge in [-0.3, -0.25) is 4.79 Å². The molecule has 0 unspecified atom stereocenters. The maximum Gasteiger partial charge on any atom is 0.251 e. The molecule has 140 valence electrons. The normalized spacial score (nSPS) is 10.7. The van der Waals surface area contributed by atoms with Gasteiger partial charge in [0.2, 0.25) is 5.91 Å². The smallest absolute Gasteiger partial charge is 0.251 e. The lowest BCUT2D eigenvalue weighted by atomic mass is 10.1. The summed E-state index contributed by atoms with van der Waals surface area (Å²) in [4.78, 5) is 25.6. The zero-order valence-corrected chi connectivity index (χ0v) is 16.1. The van der Waals surface area contributed by atoms with E-state index < -0.39 is 0 Å². The monoisotopic (exact) mass is 366 g/mol. The second-order valence-corrected chi connectivity index (χ2v) is 6.29. The van der Waals surface area contributed by atoms with Gasteiger partial charge in [-0.25, -0.2) is 19.6 Å². The number of anilines is 1. The van der Waals surface area contributed by atoms with Crippen molar-refractivity contribution < 1.29 is 9.53 Å². The number of amides is 1. The predicted octanol–water partition coefficient (Wildman–Crippen LogP) is 2.48. The summed E-state index contributed by atoms with van der Waals surface area (Å²) in [5.41, 5.74) is 4.17. The molecule has 0 aliphatic rings. The summed E-state index contributed by atoms with van der Waals surface area (Å²) < 4.78 is 6.90. The second kappa shape index (κ2) is 7.53. The minimum Gasteiger partial charge on any atom is -0.493 e. The summed E-state index contributed by atoms with van der Waals surface area (Å²) in [5, 5.41) is 7.32. The Kier molecular flexibility index (Phi) is 5.16. The van der Waals surface area contributed by atoms with E-state index in [2.05, 4.69) is 25.4 Å². The number of rotatable bonds is 5. The van der Waals surface area contributed by atoms with Crippen molar-refractivity contribution in [1.29, 1.82) is 0 Å². The van der Waals surface area contributed by atoms with Gasteiger partial charge in [-0.1, -0.05) is 0 Å². The number of nitrogens with zero attached hydrogens (tertiary/aromatic N) is 5. The van der Waals surface area contributed by atoms with Crippen LogP contribution in [-0.4, -0.2) is 37.7 Å². The first-order valence-electron chi connectivity index (χ1n) is 8.55. The number of ether oxygens (including phenoxy) is 1. The molecule has 3 rings (SSSR count). The summed E-state index contributed by atoms with van der Waals surface area (Å²) in [6.07, 6.45) is 1.77. The van der Waals surface area contributed by atoms with E-state index in [-0.39, 0.29) is 12.3 Å². The number of aromatic nitrogens is 5. The fraction of sp³-hybridized carbons (Fsp3) is 0.316. The molecule has 0 spiro atoms. The third kappa shape index (κ3) is 3.94. The first-order chi connectivity index (χ1) is 12.9. The largest absolute Gasteiger partial charge is 0.493 e. The van der Waals surface area contributed by atoms with Crippen LogP contribution < -0.4 is 10.1 Å². The summed E-state index contributed by atoms with van der Waals surface area (Å²) in [6.45, 7) is 7.61. The van der Waals surface area contributed by atoms with Crippen molar-refractivity contribution in [2.45, 2.75) is 34.1 Å². The van der Waals surface area contributed by atoms with Gasteiger partial charge in [-0.05, 0) is 45.9 Å². The van der Waals surface area contributed by atoms with Crippen LogP contribution in [0.4, 0.5) is 5.82 Å². The number of carbonyl (C=O) groups is 1. The Labute approximate surface area is 157 Å². The van der Waals surface area contributed by atoms with Gasteiger partial charge in [-0.15, -0.1) is 0 Å². The maximum absolute atomic E-state index is 12.5. The fourth-order valence-electron chi connectivity index (χ4n) is 2.91. The van der Waals surface area contributed by atoms with E-state index in [0.717, 1.165) is 28.3 Å². The number of methoxy groups -OCH3 is 1. The Bertz CT molecular complexity index is 976. The lowest BCUT2D eigenvalue weighted by molar-refractivity contribution is -0.115. The average Bonchev–Trinajstić information content (AvgIpc) is 2.89. The number of carbonyl (C=O) groups excluding carboxylic acids is 1. The summed E-state index contributed by atoms with van der Waals surface area (Å²) in [6, 6.07) is 5.40. The first-order valence-corrected chi connectivity index (χ1v) is 8.55. The molecular formula is C19H22N6O2. The number of hydrogen-bond acceptors (Lipinski definition) is 6. The molecule has 8 heteroatoms. The highest BCUT2D eigenvalue weighted by Crippen LogP contribution is 2.21.